The minimum atomic E-state index is -4.01. The van der Waals surface area contributed by atoms with Gasteiger partial charge in [-0.05, 0) is 91.6 Å². The maximum absolute atomic E-state index is 13.6. The maximum Gasteiger partial charge on any atom is 0.254 e. The molecule has 0 atom stereocenters. The van der Waals surface area contributed by atoms with E-state index in [0.717, 1.165) is 111 Å². The molecule has 11 rings (SSSR count). The Balaban J connectivity index is 0.816. The lowest BCUT2D eigenvalue weighted by Gasteiger charge is -2.39. The highest BCUT2D eigenvalue weighted by atomic mass is 32.2. The molecule has 0 unspecified atom stereocenters. The summed E-state index contributed by atoms with van der Waals surface area (Å²) in [6, 6.07) is 24.7. The van der Waals surface area contributed by atoms with Gasteiger partial charge in [0.25, 0.3) is 11.8 Å². The van der Waals surface area contributed by atoms with Gasteiger partial charge >= 0.3 is 0 Å². The van der Waals surface area contributed by atoms with Crippen LogP contribution in [0.25, 0.3) is 17.0 Å². The Labute approximate surface area is 393 Å². The summed E-state index contributed by atoms with van der Waals surface area (Å²) in [6.45, 7) is 3.86. The standard InChI is InChI=1S/C53H49N7O7S/c61-51(54-19-20-58-68(65,66)38-14-4-9-32(25-38)29-57-52(62)37-30-55-50(56-31-37)33-10-2-1-3-11-33)36-17-18-39(42(28-36)53(63)64)45-43-26-34-12-5-21-59-23-7-15-40(46(34)59)48(43)67-49-41-16-8-24-60-22-6-13-35(47(41)60)27-44(45)49/h1-4,9-11,14,17-18,25-28,30-31,58H,5-8,12-13,15-16,19-24,29H2,(H2-,54,57,61,62,63,64). The van der Waals surface area contributed by atoms with Crippen LogP contribution in [-0.4, -0.2) is 75.4 Å². The molecule has 3 N–H and O–H groups in total. The number of carboxylic acids is 1. The molecule has 2 amide bonds. The number of aryl methyl sites for hydroxylation is 2. The molecule has 1 aromatic heterocycles. The van der Waals surface area contributed by atoms with E-state index in [2.05, 4.69) is 46.9 Å². The summed E-state index contributed by atoms with van der Waals surface area (Å²) in [5.74, 6) is -0.300. The minimum Gasteiger partial charge on any atom is -0.545 e. The zero-order valence-electron chi connectivity index (χ0n) is 37.4. The molecule has 5 aromatic carbocycles. The van der Waals surface area contributed by atoms with Gasteiger partial charge in [-0.3, -0.25) is 9.59 Å². The van der Waals surface area contributed by atoms with Gasteiger partial charge in [-0.1, -0.05) is 48.5 Å². The molecule has 0 saturated heterocycles. The molecule has 344 valence electrons. The summed E-state index contributed by atoms with van der Waals surface area (Å²) in [5.41, 5.74) is 9.85. The van der Waals surface area contributed by atoms with Crippen LogP contribution < -0.4 is 45.3 Å². The molecule has 0 fully saturated rings. The molecule has 0 spiro atoms. The van der Waals surface area contributed by atoms with Crippen molar-refractivity contribution >= 4 is 39.1 Å². The second-order valence-corrected chi connectivity index (χ2v) is 19.8. The molecule has 0 aliphatic carbocycles. The van der Waals surface area contributed by atoms with Crippen molar-refractivity contribution in [3.8, 4) is 22.9 Å². The zero-order valence-corrected chi connectivity index (χ0v) is 38.2. The van der Waals surface area contributed by atoms with Crippen LogP contribution in [0.3, 0.4) is 0 Å². The van der Waals surface area contributed by atoms with E-state index in [-0.39, 0.29) is 41.2 Å². The third-order valence-electron chi connectivity index (χ3n) is 13.8. The van der Waals surface area contributed by atoms with E-state index in [0.29, 0.717) is 17.0 Å². The number of carbonyl (C=O) groups is 3. The van der Waals surface area contributed by atoms with Crippen LogP contribution in [0.4, 0.5) is 5.69 Å². The van der Waals surface area contributed by atoms with E-state index in [1.165, 1.54) is 63.9 Å². The summed E-state index contributed by atoms with van der Waals surface area (Å²) < 4.78 is 38.8. The molecule has 14 nitrogen and oxygen atoms in total. The lowest BCUT2D eigenvalue weighted by molar-refractivity contribution is -0.255. The third kappa shape index (κ3) is 7.98. The fourth-order valence-corrected chi connectivity index (χ4v) is 11.8. The highest BCUT2D eigenvalue weighted by molar-refractivity contribution is 7.89. The number of rotatable bonds is 12. The van der Waals surface area contributed by atoms with Crippen LogP contribution in [0.15, 0.2) is 102 Å². The van der Waals surface area contributed by atoms with E-state index >= 15 is 0 Å². The van der Waals surface area contributed by atoms with Gasteiger partial charge in [-0.15, -0.1) is 0 Å². The highest BCUT2D eigenvalue weighted by Gasteiger charge is 2.36. The van der Waals surface area contributed by atoms with E-state index in [1.807, 2.05) is 30.3 Å². The van der Waals surface area contributed by atoms with Crippen LogP contribution in [-0.2, 0) is 42.3 Å². The van der Waals surface area contributed by atoms with E-state index in [1.54, 1.807) is 24.3 Å². The number of aromatic nitrogens is 2. The molecular weight excluding hydrogens is 879 g/mol. The predicted octanol–water partition coefficient (Wildman–Crippen LogP) is 3.58. The van der Waals surface area contributed by atoms with Gasteiger partial charge in [0.15, 0.2) is 5.82 Å². The number of amides is 2. The molecule has 68 heavy (non-hydrogen) atoms. The fourth-order valence-electron chi connectivity index (χ4n) is 10.7. The molecule has 5 aliphatic rings. The number of hydrogen-bond acceptors (Lipinski definition) is 10. The van der Waals surface area contributed by atoms with Gasteiger partial charge in [-0.25, -0.2) is 27.7 Å². The molecule has 0 bridgehead atoms. The Kier molecular flexibility index (Phi) is 11.3. The Morgan fingerprint density at radius 3 is 2.28 bits per heavy atom. The van der Waals surface area contributed by atoms with Crippen molar-refractivity contribution in [1.82, 2.24) is 29.9 Å². The Morgan fingerprint density at radius 2 is 1.47 bits per heavy atom. The van der Waals surface area contributed by atoms with Crippen LogP contribution in [0.1, 0.15) is 95.7 Å². The topological polar surface area (TPSA) is 186 Å². The number of carboxylic acid groups (broad SMARTS) is 1. The van der Waals surface area contributed by atoms with E-state index < -0.39 is 27.8 Å². The van der Waals surface area contributed by atoms with Crippen LogP contribution in [0.5, 0.6) is 11.5 Å². The number of ether oxygens (including phenoxy) is 1. The Hall–Kier alpha value is -7.23. The van der Waals surface area contributed by atoms with Crippen molar-refractivity contribution in [1.29, 1.82) is 0 Å². The first-order valence-electron chi connectivity index (χ1n) is 23.4. The first kappa shape index (κ1) is 43.3. The third-order valence-corrected chi connectivity index (χ3v) is 15.2. The van der Waals surface area contributed by atoms with Gasteiger partial charge in [0.05, 0.1) is 22.0 Å². The monoisotopic (exact) mass is 927 g/mol. The van der Waals surface area contributed by atoms with Crippen molar-refractivity contribution in [3.63, 3.8) is 0 Å². The molecule has 0 saturated carbocycles. The number of hydrogen-bond donors (Lipinski definition) is 3. The Bertz CT molecular complexity index is 3320. The maximum atomic E-state index is 13.6. The smallest absolute Gasteiger partial charge is 0.254 e. The van der Waals surface area contributed by atoms with Crippen molar-refractivity contribution < 1.29 is 32.6 Å². The van der Waals surface area contributed by atoms with E-state index in [9.17, 15) is 27.9 Å². The average molecular weight is 928 g/mol. The van der Waals surface area contributed by atoms with Gasteiger partial charge in [0.1, 0.15) is 24.6 Å². The summed E-state index contributed by atoms with van der Waals surface area (Å²) in [5, 5.41) is 20.9. The van der Waals surface area contributed by atoms with Crippen molar-refractivity contribution in [3.05, 3.63) is 164 Å². The first-order valence-corrected chi connectivity index (χ1v) is 24.9. The molecule has 6 aromatic rings. The normalized spacial score (nSPS) is 15.6. The summed E-state index contributed by atoms with van der Waals surface area (Å²) in [6.07, 6.45) is 10.6. The summed E-state index contributed by atoms with van der Waals surface area (Å²) in [4.78, 5) is 50.8. The molecule has 6 heterocycles. The van der Waals surface area contributed by atoms with Crippen LogP contribution in [0, 0.1) is 0 Å². The number of carbonyl (C=O) groups excluding carboxylic acids is 3. The van der Waals surface area contributed by atoms with Gasteiger partial charge in [0, 0.05) is 108 Å². The lowest BCUT2D eigenvalue weighted by Crippen LogP contribution is -2.45. The average Bonchev–Trinajstić information content (AvgIpc) is 3.37. The SMILES string of the molecule is O=C(NCCNS(=O)(=O)c1cccc(CNC(=O)c2cnc(-c3ccccc3)nc2)c1)c1ccc(C2=c3cc4c5c(c3Oc3c2cc2c6c3CCCN6CCC2)CCC[N+]=5CCC4)c(C(=O)[O-])c1. The number of nitrogens with zero attached hydrogens (tertiary/aromatic N) is 4. The number of benzene rings is 5. The largest absolute Gasteiger partial charge is 0.545 e. The fraction of sp³-hybridized carbons (Fsp3) is 0.283. The van der Waals surface area contributed by atoms with Gasteiger partial charge < -0.3 is 30.2 Å². The number of sulfonamides is 1. The second kappa shape index (κ2) is 17.8. The van der Waals surface area contributed by atoms with Crippen molar-refractivity contribution in [2.45, 2.75) is 62.8 Å². The van der Waals surface area contributed by atoms with Gasteiger partial charge in [-0.2, -0.15) is 0 Å². The van der Waals surface area contributed by atoms with Crippen LogP contribution >= 0.6 is 0 Å². The first-order chi connectivity index (χ1) is 33.1. The second-order valence-electron chi connectivity index (χ2n) is 18.0. The quantitative estimate of drug-likeness (QED) is 0.121. The lowest BCUT2D eigenvalue weighted by atomic mass is 9.81. The molecular formula is C53H49N7O7S. The number of anilines is 1. The van der Waals surface area contributed by atoms with Gasteiger partial charge in [0.2, 0.25) is 15.4 Å². The van der Waals surface area contributed by atoms with Crippen molar-refractivity contribution in [2.75, 3.05) is 44.2 Å². The molecule has 15 heteroatoms. The highest BCUT2D eigenvalue weighted by Crippen LogP contribution is 2.49. The molecule has 5 aliphatic heterocycles. The molecule has 0 radical (unpaired) electrons. The van der Waals surface area contributed by atoms with Crippen LogP contribution in [0.2, 0.25) is 0 Å². The predicted molar refractivity (Wildman–Crippen MR) is 254 cm³/mol. The number of aromatic carboxylic acids is 1. The van der Waals surface area contributed by atoms with E-state index in [4.69, 9.17) is 4.74 Å². The zero-order chi connectivity index (χ0) is 46.5. The number of nitrogens with one attached hydrogen (secondary N) is 3. The minimum absolute atomic E-state index is 0.0154. The Morgan fingerprint density at radius 1 is 0.721 bits per heavy atom. The van der Waals surface area contributed by atoms with Crippen molar-refractivity contribution in [2.24, 2.45) is 0 Å². The number of fused-ring (bicyclic) bond motifs is 4. The summed E-state index contributed by atoms with van der Waals surface area (Å²) in [7, 11) is -4.01. The summed E-state index contributed by atoms with van der Waals surface area (Å²) >= 11 is 0.